The third-order valence-electron chi connectivity index (χ3n) is 4.32. The summed E-state index contributed by atoms with van der Waals surface area (Å²) in [6, 6.07) is 0.786. The van der Waals surface area contributed by atoms with Crippen molar-refractivity contribution in [2.24, 2.45) is 5.73 Å². The Morgan fingerprint density at radius 2 is 2.11 bits per heavy atom. The van der Waals surface area contributed by atoms with Gasteiger partial charge in [-0.05, 0) is 39.3 Å². The summed E-state index contributed by atoms with van der Waals surface area (Å²) in [7, 11) is 0. The van der Waals surface area contributed by atoms with Gasteiger partial charge in [-0.15, -0.1) is 11.3 Å². The van der Waals surface area contributed by atoms with Crippen LogP contribution in [0.3, 0.4) is 0 Å². The van der Waals surface area contributed by atoms with Gasteiger partial charge in [0.2, 0.25) is 0 Å². The Morgan fingerprint density at radius 1 is 1.32 bits per heavy atom. The number of nitrogens with zero attached hydrogens (tertiary/aromatic N) is 3. The molecule has 2 fully saturated rings. The molecule has 0 aromatic carbocycles. The number of hydrogen-bond donors (Lipinski definition) is 1. The molecule has 0 amide bonds. The zero-order valence-corrected chi connectivity index (χ0v) is 12.5. The lowest BCUT2D eigenvalue weighted by Gasteiger charge is -2.32. The maximum atomic E-state index is 5.89. The van der Waals surface area contributed by atoms with Crippen LogP contribution in [-0.4, -0.2) is 42.1 Å². The highest BCUT2D eigenvalue weighted by molar-refractivity contribution is 7.13. The Balaban J connectivity index is 1.61. The van der Waals surface area contributed by atoms with Crippen molar-refractivity contribution in [1.29, 1.82) is 0 Å². The summed E-state index contributed by atoms with van der Waals surface area (Å²) in [6.45, 7) is 6.88. The molecule has 1 aromatic rings. The standard InChI is InChI=1S/C14H24N4S/c1-11(15)13-10-19-14(16-13)18-8-5-12(9-18)17-6-3-2-4-7-17/h10-12H,2-9,15H2,1H3. The molecule has 0 saturated carbocycles. The first-order valence-electron chi connectivity index (χ1n) is 7.44. The molecule has 19 heavy (non-hydrogen) atoms. The Morgan fingerprint density at radius 3 is 2.79 bits per heavy atom. The van der Waals surface area contributed by atoms with Crippen LogP contribution in [0.25, 0.3) is 0 Å². The van der Waals surface area contributed by atoms with Crippen LogP contribution in [0.1, 0.15) is 44.3 Å². The van der Waals surface area contributed by atoms with Gasteiger partial charge in [-0.25, -0.2) is 4.98 Å². The number of piperidine rings is 1. The van der Waals surface area contributed by atoms with Gasteiger partial charge in [0, 0.05) is 30.6 Å². The SMILES string of the molecule is CC(N)c1csc(N2CCC(N3CCCCC3)C2)n1. The Labute approximate surface area is 119 Å². The molecular formula is C14H24N4S. The van der Waals surface area contributed by atoms with E-state index < -0.39 is 0 Å². The van der Waals surface area contributed by atoms with Crippen LogP contribution in [0.2, 0.25) is 0 Å². The molecule has 1 aromatic heterocycles. The molecule has 3 rings (SSSR count). The van der Waals surface area contributed by atoms with Gasteiger partial charge >= 0.3 is 0 Å². The lowest BCUT2D eigenvalue weighted by Crippen LogP contribution is -2.40. The smallest absolute Gasteiger partial charge is 0.185 e. The van der Waals surface area contributed by atoms with E-state index in [0.717, 1.165) is 30.0 Å². The molecule has 106 valence electrons. The summed E-state index contributed by atoms with van der Waals surface area (Å²) in [5.41, 5.74) is 6.92. The quantitative estimate of drug-likeness (QED) is 0.922. The molecule has 3 heterocycles. The van der Waals surface area contributed by atoms with Gasteiger partial charge in [0.25, 0.3) is 0 Å². The average molecular weight is 280 g/mol. The van der Waals surface area contributed by atoms with Crippen LogP contribution in [0.15, 0.2) is 5.38 Å². The molecule has 2 aliphatic heterocycles. The predicted molar refractivity (Wildman–Crippen MR) is 80.8 cm³/mol. The van der Waals surface area contributed by atoms with Crippen molar-refractivity contribution in [2.45, 2.75) is 44.7 Å². The maximum Gasteiger partial charge on any atom is 0.185 e. The van der Waals surface area contributed by atoms with Gasteiger partial charge < -0.3 is 10.6 Å². The molecule has 2 saturated heterocycles. The molecule has 0 bridgehead atoms. The van der Waals surface area contributed by atoms with Crippen molar-refractivity contribution < 1.29 is 0 Å². The van der Waals surface area contributed by atoms with Crippen LogP contribution < -0.4 is 10.6 Å². The number of anilines is 1. The first kappa shape index (κ1) is 13.3. The normalized spacial score (nSPS) is 26.8. The molecule has 2 unspecified atom stereocenters. The summed E-state index contributed by atoms with van der Waals surface area (Å²) in [4.78, 5) is 9.80. The minimum absolute atomic E-state index is 0.0468. The molecule has 2 atom stereocenters. The largest absolute Gasteiger partial charge is 0.346 e. The highest BCUT2D eigenvalue weighted by Crippen LogP contribution is 2.28. The number of nitrogens with two attached hydrogens (primary N) is 1. The van der Waals surface area contributed by atoms with Gasteiger partial charge in [-0.1, -0.05) is 6.42 Å². The summed E-state index contributed by atoms with van der Waals surface area (Å²) in [6.07, 6.45) is 5.45. The molecular weight excluding hydrogens is 256 g/mol. The van der Waals surface area contributed by atoms with E-state index in [1.165, 1.54) is 38.8 Å². The Kier molecular flexibility index (Phi) is 4.05. The fourth-order valence-electron chi connectivity index (χ4n) is 3.13. The van der Waals surface area contributed by atoms with Crippen LogP contribution >= 0.6 is 11.3 Å². The van der Waals surface area contributed by atoms with E-state index in [1.54, 1.807) is 11.3 Å². The van der Waals surface area contributed by atoms with Gasteiger partial charge in [0.15, 0.2) is 5.13 Å². The van der Waals surface area contributed by atoms with Crippen LogP contribution in [0.5, 0.6) is 0 Å². The highest BCUT2D eigenvalue weighted by atomic mass is 32.1. The molecule has 2 aliphatic rings. The first-order chi connectivity index (χ1) is 9.24. The molecule has 4 nitrogen and oxygen atoms in total. The maximum absolute atomic E-state index is 5.89. The van der Waals surface area contributed by atoms with Crippen molar-refractivity contribution in [3.63, 3.8) is 0 Å². The second-order valence-electron chi connectivity index (χ2n) is 5.83. The van der Waals surface area contributed by atoms with Crippen molar-refractivity contribution in [3.8, 4) is 0 Å². The zero-order chi connectivity index (χ0) is 13.2. The second kappa shape index (κ2) is 5.77. The monoisotopic (exact) mass is 280 g/mol. The lowest BCUT2D eigenvalue weighted by molar-refractivity contribution is 0.175. The van der Waals surface area contributed by atoms with E-state index in [-0.39, 0.29) is 6.04 Å². The average Bonchev–Trinajstić information content (AvgIpc) is 3.09. The number of thiazole rings is 1. The number of hydrogen-bond acceptors (Lipinski definition) is 5. The van der Waals surface area contributed by atoms with Crippen LogP contribution in [0.4, 0.5) is 5.13 Å². The summed E-state index contributed by atoms with van der Waals surface area (Å²) in [5, 5.41) is 3.26. The lowest BCUT2D eigenvalue weighted by atomic mass is 10.1. The third-order valence-corrected chi connectivity index (χ3v) is 5.24. The van der Waals surface area contributed by atoms with Crippen LogP contribution in [0, 0.1) is 0 Å². The molecule has 5 heteroatoms. The Hall–Kier alpha value is -0.650. The van der Waals surface area contributed by atoms with Crippen molar-refractivity contribution in [3.05, 3.63) is 11.1 Å². The third kappa shape index (κ3) is 2.93. The topological polar surface area (TPSA) is 45.4 Å². The van der Waals surface area contributed by atoms with Gasteiger partial charge in [0.05, 0.1) is 5.69 Å². The van der Waals surface area contributed by atoms with Gasteiger partial charge in [-0.2, -0.15) is 0 Å². The fraction of sp³-hybridized carbons (Fsp3) is 0.786. The molecule has 2 N–H and O–H groups in total. The van der Waals surface area contributed by atoms with E-state index in [4.69, 9.17) is 5.73 Å². The molecule has 0 spiro atoms. The summed E-state index contributed by atoms with van der Waals surface area (Å²) >= 11 is 1.74. The van der Waals surface area contributed by atoms with Gasteiger partial charge in [-0.3, -0.25) is 4.90 Å². The number of likely N-dealkylation sites (tertiary alicyclic amines) is 1. The summed E-state index contributed by atoms with van der Waals surface area (Å²) in [5.74, 6) is 0. The van der Waals surface area contributed by atoms with Crippen molar-refractivity contribution in [1.82, 2.24) is 9.88 Å². The first-order valence-corrected chi connectivity index (χ1v) is 8.32. The van der Waals surface area contributed by atoms with E-state index in [1.807, 2.05) is 6.92 Å². The summed E-state index contributed by atoms with van der Waals surface area (Å²) < 4.78 is 0. The number of rotatable bonds is 3. The highest BCUT2D eigenvalue weighted by Gasteiger charge is 2.29. The molecule has 0 aliphatic carbocycles. The van der Waals surface area contributed by atoms with E-state index in [9.17, 15) is 0 Å². The van der Waals surface area contributed by atoms with Gasteiger partial charge in [0.1, 0.15) is 0 Å². The second-order valence-corrected chi connectivity index (χ2v) is 6.67. The molecule has 0 radical (unpaired) electrons. The minimum Gasteiger partial charge on any atom is -0.346 e. The van der Waals surface area contributed by atoms with Crippen molar-refractivity contribution >= 4 is 16.5 Å². The van der Waals surface area contributed by atoms with Crippen LogP contribution in [-0.2, 0) is 0 Å². The van der Waals surface area contributed by atoms with E-state index >= 15 is 0 Å². The van der Waals surface area contributed by atoms with E-state index in [2.05, 4.69) is 20.2 Å². The predicted octanol–water partition coefficient (Wildman–Crippen LogP) is 2.23. The van der Waals surface area contributed by atoms with Crippen molar-refractivity contribution in [2.75, 3.05) is 31.1 Å². The minimum atomic E-state index is 0.0468. The zero-order valence-electron chi connectivity index (χ0n) is 11.7. The van der Waals surface area contributed by atoms with E-state index in [0.29, 0.717) is 0 Å². The number of aromatic nitrogens is 1. The Bertz CT molecular complexity index is 411. The fourth-order valence-corrected chi connectivity index (χ4v) is 4.09.